The minimum absolute atomic E-state index is 0.148. The van der Waals surface area contributed by atoms with E-state index < -0.39 is 7.12 Å². The molecule has 2 heterocycles. The molecule has 1 aliphatic heterocycles. The van der Waals surface area contributed by atoms with Crippen LogP contribution in [0.25, 0.3) is 0 Å². The molecule has 29 heavy (non-hydrogen) atoms. The van der Waals surface area contributed by atoms with Crippen LogP contribution in [0.4, 0.5) is 5.00 Å². The maximum atomic E-state index is 12.3. The van der Waals surface area contributed by atoms with Crippen LogP contribution in [0, 0.1) is 5.92 Å². The molecule has 0 saturated carbocycles. The lowest BCUT2D eigenvalue weighted by atomic mass is 9.83. The monoisotopic (exact) mass is 416 g/mol. The second-order valence-corrected chi connectivity index (χ2v) is 8.64. The molecule has 0 bridgehead atoms. The Kier molecular flexibility index (Phi) is 8.12. The van der Waals surface area contributed by atoms with Crippen LogP contribution < -0.4 is 15.5 Å². The minimum Gasteiger partial charge on any atom is -0.494 e. The first-order chi connectivity index (χ1) is 14.0. The van der Waals surface area contributed by atoms with E-state index >= 15 is 0 Å². The number of nitrogens with zero attached hydrogens (tertiary/aromatic N) is 1. The van der Waals surface area contributed by atoms with Gasteiger partial charge in [-0.1, -0.05) is 12.1 Å². The molecular formula is C21H29BN2O4S. The van der Waals surface area contributed by atoms with Crippen molar-refractivity contribution in [2.45, 2.75) is 32.1 Å². The SMILES string of the molecule is CN1CCC(CCCOc2cccc(CC(=O)Nc3cc(B(O)O)cs3)c2)CC1. The van der Waals surface area contributed by atoms with Crippen LogP contribution >= 0.6 is 11.3 Å². The normalized spacial score (nSPS) is 15.3. The van der Waals surface area contributed by atoms with Gasteiger partial charge in [-0.3, -0.25) is 4.79 Å². The molecule has 3 rings (SSSR count). The van der Waals surface area contributed by atoms with Crippen LogP contribution in [0.15, 0.2) is 35.7 Å². The van der Waals surface area contributed by atoms with Crippen molar-refractivity contribution in [1.29, 1.82) is 0 Å². The average Bonchev–Trinajstić information content (AvgIpc) is 3.15. The first-order valence-electron chi connectivity index (χ1n) is 10.1. The molecule has 8 heteroatoms. The number of carbonyl (C=O) groups is 1. The van der Waals surface area contributed by atoms with Crippen LogP contribution in [0.3, 0.4) is 0 Å². The van der Waals surface area contributed by atoms with Crippen molar-refractivity contribution in [1.82, 2.24) is 4.90 Å². The van der Waals surface area contributed by atoms with Crippen molar-refractivity contribution in [2.75, 3.05) is 32.1 Å². The third kappa shape index (κ3) is 7.15. The van der Waals surface area contributed by atoms with Crippen molar-refractivity contribution in [3.8, 4) is 5.75 Å². The molecule has 1 aromatic heterocycles. The van der Waals surface area contributed by atoms with Crippen molar-refractivity contribution in [3.05, 3.63) is 41.3 Å². The summed E-state index contributed by atoms with van der Waals surface area (Å²) in [4.78, 5) is 14.6. The van der Waals surface area contributed by atoms with Crippen LogP contribution in [0.1, 0.15) is 31.2 Å². The summed E-state index contributed by atoms with van der Waals surface area (Å²) in [6, 6.07) is 9.21. The van der Waals surface area contributed by atoms with Crippen molar-refractivity contribution in [2.24, 2.45) is 5.92 Å². The van der Waals surface area contributed by atoms with E-state index in [1.807, 2.05) is 24.3 Å². The third-order valence-corrected chi connectivity index (χ3v) is 6.17. The van der Waals surface area contributed by atoms with Crippen LogP contribution in [0.5, 0.6) is 5.75 Å². The molecule has 1 saturated heterocycles. The number of carbonyl (C=O) groups excluding carboxylic acids is 1. The van der Waals surface area contributed by atoms with Gasteiger partial charge in [0.2, 0.25) is 5.91 Å². The number of benzene rings is 1. The molecule has 6 nitrogen and oxygen atoms in total. The second-order valence-electron chi connectivity index (χ2n) is 7.73. The van der Waals surface area contributed by atoms with E-state index in [1.54, 1.807) is 11.4 Å². The van der Waals surface area contributed by atoms with Crippen molar-refractivity contribution in [3.63, 3.8) is 0 Å². The molecule has 0 unspecified atom stereocenters. The zero-order chi connectivity index (χ0) is 20.6. The Balaban J connectivity index is 1.41. The highest BCUT2D eigenvalue weighted by molar-refractivity contribution is 7.15. The number of thiophene rings is 1. The van der Waals surface area contributed by atoms with E-state index in [1.165, 1.54) is 43.7 Å². The Hall–Kier alpha value is -1.87. The first-order valence-corrected chi connectivity index (χ1v) is 11.0. The third-order valence-electron chi connectivity index (χ3n) is 5.31. The topological polar surface area (TPSA) is 82.0 Å². The average molecular weight is 416 g/mol. The largest absolute Gasteiger partial charge is 0.494 e. The molecule has 1 aliphatic rings. The van der Waals surface area contributed by atoms with Gasteiger partial charge in [0.25, 0.3) is 0 Å². The van der Waals surface area contributed by atoms with Gasteiger partial charge >= 0.3 is 7.12 Å². The Labute approximate surface area is 176 Å². The number of amides is 1. The predicted octanol–water partition coefficient (Wildman–Crippen LogP) is 2.11. The summed E-state index contributed by atoms with van der Waals surface area (Å²) in [5.74, 6) is 1.46. The van der Waals surface area contributed by atoms with Gasteiger partial charge in [0.15, 0.2) is 0 Å². The number of anilines is 1. The summed E-state index contributed by atoms with van der Waals surface area (Å²) in [6.07, 6.45) is 5.06. The van der Waals surface area contributed by atoms with Gasteiger partial charge in [-0.15, -0.1) is 11.3 Å². The minimum atomic E-state index is -1.52. The van der Waals surface area contributed by atoms with E-state index in [0.717, 1.165) is 23.7 Å². The lowest BCUT2D eigenvalue weighted by Crippen LogP contribution is -2.30. The summed E-state index contributed by atoms with van der Waals surface area (Å²) in [6.45, 7) is 3.09. The van der Waals surface area contributed by atoms with E-state index in [0.29, 0.717) is 17.1 Å². The number of hydrogen-bond donors (Lipinski definition) is 3. The molecule has 1 fully saturated rings. The van der Waals surface area contributed by atoms with E-state index in [-0.39, 0.29) is 12.3 Å². The lowest BCUT2D eigenvalue weighted by molar-refractivity contribution is -0.115. The smallest absolute Gasteiger partial charge is 0.489 e. The Morgan fingerprint density at radius 2 is 2.10 bits per heavy atom. The standard InChI is InChI=1S/C21H29BN2O4S/c1-24-9-7-16(8-10-24)5-3-11-28-19-6-2-4-17(12-19)13-20(25)23-21-14-18(15-29-21)22(26)27/h2,4,6,12,14-16,26-27H,3,5,7-11,13H2,1H3,(H,23,25). The summed E-state index contributed by atoms with van der Waals surface area (Å²) in [5, 5.41) is 23.3. The highest BCUT2D eigenvalue weighted by Crippen LogP contribution is 2.22. The Bertz CT molecular complexity index is 790. The van der Waals surface area contributed by atoms with Gasteiger partial charge in [-0.05, 0) is 86.3 Å². The van der Waals surface area contributed by atoms with Gasteiger partial charge in [-0.2, -0.15) is 0 Å². The number of piperidine rings is 1. The number of nitrogens with one attached hydrogen (secondary N) is 1. The Morgan fingerprint density at radius 3 is 2.83 bits per heavy atom. The zero-order valence-electron chi connectivity index (χ0n) is 16.8. The highest BCUT2D eigenvalue weighted by atomic mass is 32.1. The first kappa shape index (κ1) is 21.8. The van der Waals surface area contributed by atoms with E-state index in [2.05, 4.69) is 17.3 Å². The van der Waals surface area contributed by atoms with Crippen molar-refractivity contribution < 1.29 is 19.6 Å². The maximum Gasteiger partial charge on any atom is 0.489 e. The van der Waals surface area contributed by atoms with Gasteiger partial charge in [-0.25, -0.2) is 0 Å². The quantitative estimate of drug-likeness (QED) is 0.431. The van der Waals surface area contributed by atoms with E-state index in [4.69, 9.17) is 14.8 Å². The molecule has 2 aromatic rings. The zero-order valence-corrected chi connectivity index (χ0v) is 17.7. The fraction of sp³-hybridized carbons (Fsp3) is 0.476. The molecule has 0 spiro atoms. The maximum absolute atomic E-state index is 12.3. The number of ether oxygens (including phenoxy) is 1. The second kappa shape index (κ2) is 10.8. The summed E-state index contributed by atoms with van der Waals surface area (Å²) >= 11 is 1.27. The predicted molar refractivity (Wildman–Crippen MR) is 118 cm³/mol. The summed E-state index contributed by atoms with van der Waals surface area (Å²) < 4.78 is 5.89. The van der Waals surface area contributed by atoms with Crippen LogP contribution in [-0.2, 0) is 11.2 Å². The molecule has 0 atom stereocenters. The lowest BCUT2D eigenvalue weighted by Gasteiger charge is -2.28. The molecule has 0 aliphatic carbocycles. The van der Waals surface area contributed by atoms with E-state index in [9.17, 15) is 4.79 Å². The molecule has 1 aromatic carbocycles. The van der Waals surface area contributed by atoms with Gasteiger partial charge < -0.3 is 25.0 Å². The summed E-state index contributed by atoms with van der Waals surface area (Å²) in [7, 11) is 0.661. The van der Waals surface area contributed by atoms with Crippen LogP contribution in [-0.4, -0.2) is 54.7 Å². The Morgan fingerprint density at radius 1 is 1.31 bits per heavy atom. The van der Waals surface area contributed by atoms with Crippen molar-refractivity contribution >= 4 is 34.8 Å². The molecule has 1 amide bonds. The fourth-order valence-corrected chi connectivity index (χ4v) is 4.41. The highest BCUT2D eigenvalue weighted by Gasteiger charge is 2.16. The molecule has 3 N–H and O–H groups in total. The fourth-order valence-electron chi connectivity index (χ4n) is 3.58. The van der Waals surface area contributed by atoms with Crippen LogP contribution in [0.2, 0.25) is 0 Å². The summed E-state index contributed by atoms with van der Waals surface area (Å²) in [5.41, 5.74) is 1.26. The molecule has 0 radical (unpaired) electrons. The van der Waals surface area contributed by atoms with Gasteiger partial charge in [0.05, 0.1) is 18.0 Å². The molecular weight excluding hydrogens is 387 g/mol. The number of rotatable bonds is 9. The van der Waals surface area contributed by atoms with Gasteiger partial charge in [0.1, 0.15) is 5.75 Å². The number of likely N-dealkylation sites (tertiary alicyclic amines) is 1. The molecule has 156 valence electrons. The number of hydrogen-bond acceptors (Lipinski definition) is 6. The van der Waals surface area contributed by atoms with Gasteiger partial charge in [0, 0.05) is 0 Å².